The number of nitrogens with one attached hydrogen (secondary N) is 1. The van der Waals surface area contributed by atoms with Gasteiger partial charge < -0.3 is 49.9 Å². The number of unbranched alkanes of at least 4 members (excludes halogenated alkanes) is 3. The van der Waals surface area contributed by atoms with Gasteiger partial charge >= 0.3 is 0 Å². The number of hydrazine groups is 1. The highest BCUT2D eigenvalue weighted by Crippen LogP contribution is 2.37. The molecule has 0 fully saturated rings. The Morgan fingerprint density at radius 1 is 0.652 bits per heavy atom. The van der Waals surface area contributed by atoms with Crippen LogP contribution in [0.1, 0.15) is 90.3 Å². The highest BCUT2D eigenvalue weighted by atomic mass is 16.6. The van der Waals surface area contributed by atoms with Gasteiger partial charge in [-0.15, -0.1) is 0 Å². The Labute approximate surface area is 408 Å². The fraction of sp³-hybridized carbons (Fsp3) is 0.436. The van der Waals surface area contributed by atoms with Crippen molar-refractivity contribution in [1.82, 2.24) is 15.2 Å². The zero-order valence-electron chi connectivity index (χ0n) is 40.4. The maximum atomic E-state index is 13.8. The van der Waals surface area contributed by atoms with Crippen LogP contribution in [0.25, 0.3) is 17.0 Å². The zero-order valence-corrected chi connectivity index (χ0v) is 40.4. The summed E-state index contributed by atoms with van der Waals surface area (Å²) in [6, 6.07) is 32.5. The SMILES string of the molecule is CN(CCC=C1c2ccccc2CCc2ccccc21)C(=O)CCOCCOCCOCCOCCN(N)/C1=C(\N)c2ccccc2N(C(=O)CCC(=O)NCCCCCCO)Cc2ccccc21. The number of nitrogens with two attached hydrogens (primary N) is 2. The van der Waals surface area contributed by atoms with Crippen LogP contribution in [0.2, 0.25) is 0 Å². The number of hydrogen-bond donors (Lipinski definition) is 4. The van der Waals surface area contributed by atoms with Crippen LogP contribution in [0.5, 0.6) is 0 Å². The number of para-hydroxylation sites is 1. The third-order valence-electron chi connectivity index (χ3n) is 12.5. The molecular formula is C55H72N6O8. The van der Waals surface area contributed by atoms with Crippen LogP contribution in [-0.2, 0) is 52.7 Å². The van der Waals surface area contributed by atoms with Crippen LogP contribution in [-0.4, -0.2) is 119 Å². The molecule has 14 heteroatoms. The Morgan fingerprint density at radius 2 is 1.20 bits per heavy atom. The molecule has 0 radical (unpaired) electrons. The van der Waals surface area contributed by atoms with Crippen LogP contribution in [0.3, 0.4) is 0 Å². The lowest BCUT2D eigenvalue weighted by molar-refractivity contribution is -0.131. The molecule has 6 rings (SSSR count). The highest BCUT2D eigenvalue weighted by molar-refractivity contribution is 6.02. The summed E-state index contributed by atoms with van der Waals surface area (Å²) >= 11 is 0. The van der Waals surface area contributed by atoms with E-state index in [2.05, 4.69) is 59.9 Å². The third kappa shape index (κ3) is 15.8. The minimum Gasteiger partial charge on any atom is -0.396 e. The number of ether oxygens (including phenoxy) is 4. The lowest BCUT2D eigenvalue weighted by Crippen LogP contribution is -2.38. The molecule has 2 aliphatic rings. The predicted molar refractivity (Wildman–Crippen MR) is 271 cm³/mol. The average Bonchev–Trinajstić information content (AvgIpc) is 3.52. The van der Waals surface area contributed by atoms with Crippen molar-refractivity contribution in [1.29, 1.82) is 0 Å². The lowest BCUT2D eigenvalue weighted by atomic mass is 9.93. The summed E-state index contributed by atoms with van der Waals surface area (Å²) < 4.78 is 22.9. The van der Waals surface area contributed by atoms with Crippen LogP contribution in [0.15, 0.2) is 103 Å². The first-order valence-corrected chi connectivity index (χ1v) is 24.6. The molecule has 14 nitrogen and oxygen atoms in total. The smallest absolute Gasteiger partial charge is 0.227 e. The van der Waals surface area contributed by atoms with Gasteiger partial charge in [0.05, 0.1) is 89.4 Å². The van der Waals surface area contributed by atoms with Crippen LogP contribution in [0, 0.1) is 0 Å². The fourth-order valence-electron chi connectivity index (χ4n) is 8.70. The van der Waals surface area contributed by atoms with Crippen molar-refractivity contribution >= 4 is 40.4 Å². The molecule has 1 heterocycles. The first-order valence-electron chi connectivity index (χ1n) is 24.6. The number of rotatable bonds is 28. The highest BCUT2D eigenvalue weighted by Gasteiger charge is 2.28. The first kappa shape index (κ1) is 52.5. The van der Waals surface area contributed by atoms with Crippen LogP contribution >= 0.6 is 0 Å². The Balaban J connectivity index is 0.846. The van der Waals surface area contributed by atoms with Crippen molar-refractivity contribution in [2.45, 2.75) is 70.8 Å². The van der Waals surface area contributed by atoms with Gasteiger partial charge in [-0.25, -0.2) is 5.84 Å². The molecule has 6 N–H and O–H groups in total. The number of anilines is 1. The van der Waals surface area contributed by atoms with Gasteiger partial charge in [0.1, 0.15) is 0 Å². The van der Waals surface area contributed by atoms with Gasteiger partial charge in [-0.2, -0.15) is 0 Å². The van der Waals surface area contributed by atoms with Crippen molar-refractivity contribution < 1.29 is 38.4 Å². The second-order valence-electron chi connectivity index (χ2n) is 17.3. The molecule has 370 valence electrons. The van der Waals surface area contributed by atoms with E-state index in [9.17, 15) is 14.4 Å². The van der Waals surface area contributed by atoms with Gasteiger partial charge in [0.2, 0.25) is 17.7 Å². The molecule has 0 aromatic heterocycles. The second-order valence-corrected chi connectivity index (χ2v) is 17.3. The number of carbonyl (C=O) groups excluding carboxylic acids is 3. The molecule has 0 unspecified atom stereocenters. The summed E-state index contributed by atoms with van der Waals surface area (Å²) in [6.45, 7) is 5.00. The molecule has 1 aliphatic heterocycles. The molecule has 4 aromatic rings. The van der Waals surface area contributed by atoms with E-state index in [4.69, 9.17) is 35.6 Å². The van der Waals surface area contributed by atoms with Gasteiger partial charge in [0.15, 0.2) is 0 Å². The Bertz CT molecular complexity index is 2280. The number of aliphatic hydroxyl groups excluding tert-OH is 1. The van der Waals surface area contributed by atoms with Crippen LogP contribution < -0.4 is 21.8 Å². The summed E-state index contributed by atoms with van der Waals surface area (Å²) in [5, 5.41) is 13.5. The molecule has 1 aliphatic carbocycles. The van der Waals surface area contributed by atoms with Crippen molar-refractivity contribution in [3.63, 3.8) is 0 Å². The summed E-state index contributed by atoms with van der Waals surface area (Å²) in [5.74, 6) is 6.43. The van der Waals surface area contributed by atoms with Gasteiger partial charge in [-0.3, -0.25) is 14.4 Å². The number of aryl methyl sites for hydroxylation is 2. The molecule has 69 heavy (non-hydrogen) atoms. The Morgan fingerprint density at radius 3 is 1.86 bits per heavy atom. The van der Waals surface area contributed by atoms with Crippen molar-refractivity contribution in [3.8, 4) is 0 Å². The molecule has 0 atom stereocenters. The number of fused-ring (bicyclic) bond motifs is 4. The topological polar surface area (TPSA) is 182 Å². The summed E-state index contributed by atoms with van der Waals surface area (Å²) in [4.78, 5) is 42.7. The van der Waals surface area contributed by atoms with E-state index in [0.29, 0.717) is 102 Å². The maximum Gasteiger partial charge on any atom is 0.227 e. The Kier molecular flexibility index (Phi) is 21.7. The van der Waals surface area contributed by atoms with E-state index < -0.39 is 0 Å². The zero-order chi connectivity index (χ0) is 48.6. The summed E-state index contributed by atoms with van der Waals surface area (Å²) in [6.07, 6.45) is 8.97. The van der Waals surface area contributed by atoms with Crippen LogP contribution in [0.4, 0.5) is 5.69 Å². The summed E-state index contributed by atoms with van der Waals surface area (Å²) in [7, 11) is 1.85. The third-order valence-corrected chi connectivity index (χ3v) is 12.5. The minimum absolute atomic E-state index is 0.0475. The van der Waals surface area contributed by atoms with Crippen molar-refractivity contribution in [2.75, 3.05) is 91.0 Å². The fourth-order valence-corrected chi connectivity index (χ4v) is 8.70. The number of amides is 3. The standard InChI is InChI=1S/C55H72N6O8/c1-59(30-14-22-48-45-18-7-4-15-42(45)24-25-43-16-5-8-19-46(43)48)52(64)28-33-66-35-37-68-39-40-69-38-36-67-34-31-61(57)55-47-20-9-6-17-44(47)41-60(50-23-11-10-21-49(50)54(55)56)53(65)27-26-51(63)58-29-12-2-3-13-32-62/h4-11,15-23,62H,2-3,12-14,24-41,56-57H2,1H3,(H,58,63)/b55-54-. The first-order chi connectivity index (χ1) is 33.8. The number of carbonyl (C=O) groups is 3. The lowest BCUT2D eigenvalue weighted by Gasteiger charge is -2.33. The Hall–Kier alpha value is -5.87. The van der Waals surface area contributed by atoms with E-state index in [-0.39, 0.29) is 43.7 Å². The number of aliphatic hydroxyl groups is 1. The number of benzene rings is 4. The quantitative estimate of drug-likeness (QED) is 0.0278. The molecule has 0 saturated carbocycles. The van der Waals surface area contributed by atoms with Gasteiger partial charge in [-0.1, -0.05) is 110 Å². The van der Waals surface area contributed by atoms with Gasteiger partial charge in [0.25, 0.3) is 0 Å². The number of nitrogens with zero attached hydrogens (tertiary/aromatic N) is 3. The second kappa shape index (κ2) is 28.6. The maximum absolute atomic E-state index is 13.8. The molecule has 4 aromatic carbocycles. The van der Waals surface area contributed by atoms with Gasteiger partial charge in [0, 0.05) is 50.7 Å². The van der Waals surface area contributed by atoms with Gasteiger partial charge in [-0.05, 0) is 71.6 Å². The average molecular weight is 945 g/mol. The van der Waals surface area contributed by atoms with E-state index in [1.54, 1.807) is 14.8 Å². The molecular weight excluding hydrogens is 873 g/mol. The summed E-state index contributed by atoms with van der Waals surface area (Å²) in [5.41, 5.74) is 17.5. The van der Waals surface area contributed by atoms with E-state index in [0.717, 1.165) is 56.1 Å². The van der Waals surface area contributed by atoms with Crippen molar-refractivity contribution in [2.24, 2.45) is 11.6 Å². The van der Waals surface area contributed by atoms with E-state index in [1.807, 2.05) is 55.6 Å². The van der Waals surface area contributed by atoms with Crippen molar-refractivity contribution in [3.05, 3.63) is 142 Å². The number of hydrogen-bond acceptors (Lipinski definition) is 11. The molecule has 0 spiro atoms. The largest absolute Gasteiger partial charge is 0.396 e. The predicted octanol–water partition coefficient (Wildman–Crippen LogP) is 6.48. The molecule has 0 bridgehead atoms. The normalized spacial score (nSPS) is 14.1. The van der Waals surface area contributed by atoms with E-state index >= 15 is 0 Å². The monoisotopic (exact) mass is 945 g/mol. The minimum atomic E-state index is -0.180. The molecule has 3 amide bonds. The van der Waals surface area contributed by atoms with E-state index in [1.165, 1.54) is 27.8 Å². The molecule has 0 saturated heterocycles.